The van der Waals surface area contributed by atoms with Gasteiger partial charge in [0.2, 0.25) is 0 Å². The van der Waals surface area contributed by atoms with Gasteiger partial charge >= 0.3 is 225 Å². The molecule has 2 atom stereocenters. The summed E-state index contributed by atoms with van der Waals surface area (Å²) in [6.45, 7) is 11.0. The van der Waals surface area contributed by atoms with E-state index in [4.69, 9.17) is 4.74 Å². The summed E-state index contributed by atoms with van der Waals surface area (Å²) < 4.78 is 11.7. The van der Waals surface area contributed by atoms with Gasteiger partial charge in [-0.1, -0.05) is 0 Å². The van der Waals surface area contributed by atoms with Crippen molar-refractivity contribution >= 4 is 65.6 Å². The predicted octanol–water partition coefficient (Wildman–Crippen LogP) is 5.83. The predicted molar refractivity (Wildman–Crippen MR) is 141 cm³/mol. The summed E-state index contributed by atoms with van der Waals surface area (Å²) in [4.78, 5) is 29.9. The molecule has 1 aromatic rings. The molecule has 2 fully saturated rings. The molecule has 2 heterocycles. The van der Waals surface area contributed by atoms with Gasteiger partial charge in [-0.25, -0.2) is 0 Å². The zero-order valence-electron chi connectivity index (χ0n) is 20.4. The molecule has 33 heavy (non-hydrogen) atoms. The van der Waals surface area contributed by atoms with Crippen molar-refractivity contribution in [2.75, 3.05) is 33.2 Å². The number of benzene rings is 1. The van der Waals surface area contributed by atoms with Crippen molar-refractivity contribution < 1.29 is 14.3 Å². The van der Waals surface area contributed by atoms with Gasteiger partial charge in [-0.3, -0.25) is 0 Å². The summed E-state index contributed by atoms with van der Waals surface area (Å²) >= 11 is 4.83. The molecule has 1 aromatic carbocycles. The van der Waals surface area contributed by atoms with Crippen LogP contribution in [0.5, 0.6) is 0 Å². The average molecular weight is 689 g/mol. The van der Waals surface area contributed by atoms with Crippen molar-refractivity contribution in [3.8, 4) is 0 Å². The van der Waals surface area contributed by atoms with Crippen LogP contribution in [-0.2, 0) is 9.53 Å². The Bertz CT molecular complexity index is 836. The van der Waals surface area contributed by atoms with Gasteiger partial charge in [0.15, 0.2) is 0 Å². The van der Waals surface area contributed by atoms with Gasteiger partial charge in [-0.2, -0.15) is 0 Å². The monoisotopic (exact) mass is 687 g/mol. The van der Waals surface area contributed by atoms with Crippen LogP contribution in [0.1, 0.15) is 58.6 Å². The minimum absolute atomic E-state index is 0.0178. The van der Waals surface area contributed by atoms with E-state index >= 15 is 0 Å². The fourth-order valence-corrected chi connectivity index (χ4v) is 17.8. The molecular formula is C24H36Br2InN3O3. The number of piperazine rings is 1. The van der Waals surface area contributed by atoms with E-state index in [0.29, 0.717) is 19.0 Å². The molecule has 2 unspecified atom stereocenters. The Labute approximate surface area is 223 Å². The van der Waals surface area contributed by atoms with Crippen molar-refractivity contribution in [3.63, 3.8) is 0 Å². The quantitative estimate of drug-likeness (QED) is 0.400. The van der Waals surface area contributed by atoms with E-state index in [0.717, 1.165) is 40.4 Å². The second-order valence-corrected chi connectivity index (χ2v) is 21.4. The molecule has 0 radical (unpaired) electrons. The molecule has 0 N–H and O–H groups in total. The molecule has 0 aliphatic carbocycles. The van der Waals surface area contributed by atoms with Crippen LogP contribution in [0.4, 0.5) is 4.79 Å². The molecule has 9 heteroatoms. The van der Waals surface area contributed by atoms with E-state index in [1.807, 2.05) is 43.7 Å². The summed E-state index contributed by atoms with van der Waals surface area (Å²) in [6.07, 6.45) is 3.19. The molecule has 2 saturated heterocycles. The molecule has 0 saturated carbocycles. The van der Waals surface area contributed by atoms with Crippen LogP contribution in [0, 0.1) is 0 Å². The molecule has 0 bridgehead atoms. The van der Waals surface area contributed by atoms with Gasteiger partial charge in [0.05, 0.1) is 0 Å². The van der Waals surface area contributed by atoms with Crippen molar-refractivity contribution in [2.45, 2.75) is 66.5 Å². The van der Waals surface area contributed by atoms with Gasteiger partial charge in [0.25, 0.3) is 0 Å². The number of hydrogen-bond acceptors (Lipinski definition) is 4. The third kappa shape index (κ3) is 7.37. The van der Waals surface area contributed by atoms with Crippen LogP contribution in [0.15, 0.2) is 27.1 Å². The Morgan fingerprint density at radius 3 is 2.27 bits per heavy atom. The maximum absolute atomic E-state index is 13.7. The van der Waals surface area contributed by atoms with Crippen LogP contribution in [0.3, 0.4) is 0 Å². The van der Waals surface area contributed by atoms with Crippen molar-refractivity contribution in [2.24, 2.45) is 0 Å². The first-order chi connectivity index (χ1) is 15.5. The maximum atomic E-state index is 13.7. The van der Waals surface area contributed by atoms with E-state index in [1.54, 1.807) is 0 Å². The fraction of sp³-hybridized carbons (Fsp3) is 0.667. The average Bonchev–Trinajstić information content (AvgIpc) is 2.76. The van der Waals surface area contributed by atoms with Crippen molar-refractivity contribution in [1.82, 2.24) is 12.7 Å². The van der Waals surface area contributed by atoms with Gasteiger partial charge < -0.3 is 0 Å². The number of carbonyl (C=O) groups is 2. The number of carbonyl (C=O) groups excluding carboxylic acids is 2. The summed E-state index contributed by atoms with van der Waals surface area (Å²) in [6, 6.07) is 6.22. The van der Waals surface area contributed by atoms with E-state index in [1.165, 1.54) is 10.6 Å². The van der Waals surface area contributed by atoms with Crippen LogP contribution in [0.25, 0.3) is 0 Å². The van der Waals surface area contributed by atoms with Crippen molar-refractivity contribution in [3.05, 3.63) is 32.7 Å². The number of hydrogen-bond donors (Lipinski definition) is 0. The van der Waals surface area contributed by atoms with E-state index in [2.05, 4.69) is 53.8 Å². The molecule has 2 amide bonds. The first kappa shape index (κ1) is 27.3. The van der Waals surface area contributed by atoms with Gasteiger partial charge in [-0.15, -0.1) is 0 Å². The SMILES string of the molecule is CC(c1cc(Br)cc(Br)c1)N(C)C(=O)[CH]1CCC[CH2][In]1[N]1CCN(C(=O)OC(C)(C)C)CC1. The van der Waals surface area contributed by atoms with E-state index in [9.17, 15) is 9.59 Å². The normalized spacial score (nSPS) is 21.0. The Morgan fingerprint density at radius 2 is 1.70 bits per heavy atom. The molecular weight excluding hydrogens is 653 g/mol. The standard InChI is InChI=1S/C15H19Br2NO.C9H17N2O2.In/c1-4-5-6-7-15(19)18(3)11(2)12-8-13(16)10-14(17)9-12;1-9(2,3)13-8(12)11-6-4-10-5-7-11;/h7-11H,1,4-6H2,2-3H3;4-7H2,1-3H3;/q;-1;+1. The Hall–Kier alpha value is -0.250. The van der Waals surface area contributed by atoms with E-state index in [-0.39, 0.29) is 15.8 Å². The summed E-state index contributed by atoms with van der Waals surface area (Å²) in [5.74, 6) is 0.314. The zero-order chi connectivity index (χ0) is 24.3. The molecule has 0 spiro atoms. The molecule has 3 rings (SSSR count). The first-order valence-electron chi connectivity index (χ1n) is 11.9. The zero-order valence-corrected chi connectivity index (χ0v) is 26.9. The van der Waals surface area contributed by atoms with Crippen LogP contribution in [-0.4, -0.2) is 85.2 Å². The molecule has 2 aliphatic heterocycles. The van der Waals surface area contributed by atoms with Crippen LogP contribution in [0.2, 0.25) is 7.85 Å². The van der Waals surface area contributed by atoms with Gasteiger partial charge in [-0.05, 0) is 0 Å². The number of amides is 2. The van der Waals surface area contributed by atoms with Crippen LogP contribution >= 0.6 is 31.9 Å². The number of halogens is 2. The second kappa shape index (κ2) is 11.7. The minimum atomic E-state index is -2.31. The first-order valence-corrected chi connectivity index (χ1v) is 19.2. The van der Waals surface area contributed by atoms with Crippen molar-refractivity contribution in [1.29, 1.82) is 0 Å². The second-order valence-electron chi connectivity index (χ2n) is 10.3. The summed E-state index contributed by atoms with van der Waals surface area (Å²) in [7, 11) is 1.96. The Morgan fingerprint density at radius 1 is 1.09 bits per heavy atom. The Balaban J connectivity index is 1.65. The Kier molecular flexibility index (Phi) is 9.66. The molecule has 6 nitrogen and oxygen atoms in total. The summed E-state index contributed by atoms with van der Waals surface area (Å²) in [5, 5.41) is 0. The number of nitrogens with zero attached hydrogens (tertiary/aromatic N) is 3. The fourth-order valence-electron chi connectivity index (χ4n) is 4.89. The third-order valence-electron chi connectivity index (χ3n) is 6.78. The van der Waals surface area contributed by atoms with Gasteiger partial charge in [0.1, 0.15) is 0 Å². The number of rotatable bonds is 4. The third-order valence-corrected chi connectivity index (χ3v) is 19.1. The van der Waals surface area contributed by atoms with Crippen LogP contribution < -0.4 is 0 Å². The summed E-state index contributed by atoms with van der Waals surface area (Å²) in [5.41, 5.74) is 0.653. The van der Waals surface area contributed by atoms with E-state index < -0.39 is 27.3 Å². The molecule has 2 aliphatic rings. The van der Waals surface area contributed by atoms with Gasteiger partial charge in [0, 0.05) is 0 Å². The molecule has 182 valence electrons. The number of ether oxygens (including phenoxy) is 1. The molecule has 0 aromatic heterocycles. The topological polar surface area (TPSA) is 53.1 Å².